The summed E-state index contributed by atoms with van der Waals surface area (Å²) in [6.45, 7) is 12.7. The van der Waals surface area contributed by atoms with E-state index in [2.05, 4.69) is 30.8 Å². The Hall–Kier alpha value is -7.43. The molecule has 0 spiro atoms. The SMILES string of the molecule is CC(C)(C)OC(=O)Nc1nc(/C(=N/OC(C)(C)C(=O)OC(C)(C)C)C(=O)C[C@@H]2C(=O)N[C@@H]2CNC(=O)c2ccc(S(=O)(=O)NCc3cc(=O)c(OCc4ccccc4)cn3OCc3ccccc3)cc2)cs1. The number of thiazole rings is 1. The first kappa shape index (κ1) is 53.9. The molecule has 1 aliphatic heterocycles. The molecule has 4 N–H and O–H groups in total. The van der Waals surface area contributed by atoms with Gasteiger partial charge in [0, 0.05) is 30.0 Å². The van der Waals surface area contributed by atoms with Gasteiger partial charge in [-0.15, -0.1) is 11.3 Å². The second kappa shape index (κ2) is 22.8. The summed E-state index contributed by atoms with van der Waals surface area (Å²) in [6, 6.07) is 24.1. The van der Waals surface area contributed by atoms with Crippen LogP contribution in [0.4, 0.5) is 9.93 Å². The van der Waals surface area contributed by atoms with Crippen LogP contribution in [0.25, 0.3) is 0 Å². The Balaban J connectivity index is 1.09. The number of hydrogen-bond donors (Lipinski definition) is 4. The fourth-order valence-corrected chi connectivity index (χ4v) is 8.24. The number of Topliss-reactive ketones (excluding diaryl/α,β-unsaturated/α-hetero) is 1. The first-order valence-corrected chi connectivity index (χ1v) is 25.0. The summed E-state index contributed by atoms with van der Waals surface area (Å²) in [5.41, 5.74) is -2.22. The first-order chi connectivity index (χ1) is 33.9. The number of carbonyl (C=O) groups excluding carboxylic acids is 5. The number of pyridine rings is 1. The smallest absolute Gasteiger partial charge is 0.413 e. The number of esters is 1. The van der Waals surface area contributed by atoms with Crippen molar-refractivity contribution in [3.63, 3.8) is 0 Å². The number of aromatic nitrogens is 2. The summed E-state index contributed by atoms with van der Waals surface area (Å²) in [5.74, 6) is -3.47. The summed E-state index contributed by atoms with van der Waals surface area (Å²) >= 11 is 0.966. The summed E-state index contributed by atoms with van der Waals surface area (Å²) in [4.78, 5) is 94.3. The average Bonchev–Trinajstić information content (AvgIpc) is 3.77. The zero-order valence-electron chi connectivity index (χ0n) is 41.0. The topological polar surface area (TPSA) is 261 Å². The molecule has 3 aromatic carbocycles. The molecule has 0 aliphatic carbocycles. The zero-order chi connectivity index (χ0) is 52.4. The van der Waals surface area contributed by atoms with Crippen molar-refractivity contribution < 1.29 is 56.3 Å². The van der Waals surface area contributed by atoms with Crippen molar-refractivity contribution in [2.24, 2.45) is 11.1 Å². The van der Waals surface area contributed by atoms with E-state index in [4.69, 9.17) is 23.9 Å². The number of ketones is 1. The van der Waals surface area contributed by atoms with E-state index in [0.717, 1.165) is 22.5 Å². The third-order valence-electron chi connectivity index (χ3n) is 10.3. The van der Waals surface area contributed by atoms with Crippen molar-refractivity contribution in [1.82, 2.24) is 25.1 Å². The fourth-order valence-electron chi connectivity index (χ4n) is 6.56. The van der Waals surface area contributed by atoms with E-state index < -0.39 is 80.3 Å². The number of oxime groups is 1. The van der Waals surface area contributed by atoms with E-state index in [-0.39, 0.29) is 64.7 Å². The van der Waals surface area contributed by atoms with E-state index >= 15 is 0 Å². The molecule has 3 heterocycles. The van der Waals surface area contributed by atoms with E-state index in [1.165, 1.54) is 60.5 Å². The van der Waals surface area contributed by atoms with Crippen LogP contribution >= 0.6 is 11.3 Å². The van der Waals surface area contributed by atoms with Gasteiger partial charge in [0.15, 0.2) is 22.4 Å². The number of anilines is 1. The number of rotatable bonds is 21. The van der Waals surface area contributed by atoms with Crippen LogP contribution in [0.2, 0.25) is 0 Å². The van der Waals surface area contributed by atoms with E-state index in [1.807, 2.05) is 60.7 Å². The summed E-state index contributed by atoms with van der Waals surface area (Å²) in [5, 5.41) is 13.4. The van der Waals surface area contributed by atoms with E-state index in [9.17, 15) is 37.2 Å². The zero-order valence-corrected chi connectivity index (χ0v) is 42.6. The molecule has 20 nitrogen and oxygen atoms in total. The quantitative estimate of drug-likeness (QED) is 0.0298. The largest absolute Gasteiger partial charge is 0.483 e. The standard InChI is InChI=1S/C50H57N7O13S2/c1-48(2,3)68-45(62)50(7,8)70-56-42(38-30-71-46(54-38)55-47(63)69-49(4,5)6)40(59)24-36-37(53-44(36)61)26-51-43(60)33-19-21-35(22-20-33)72(64,65)52-25-34-23-39(58)41(66-28-31-15-11-9-12-16-31)27-57(34)67-29-32-17-13-10-14-18-32/h9-23,27,30,36-37,52H,24-26,28-29H2,1-8H3,(H,51,60)(H,53,61)(H,54,55,63)/b56-42-/t36-,37+/m0/s1. The van der Waals surface area contributed by atoms with Gasteiger partial charge in [-0.3, -0.25) is 24.5 Å². The number of benzene rings is 3. The maximum absolute atomic E-state index is 13.9. The highest BCUT2D eigenvalue weighted by Crippen LogP contribution is 2.25. The second-order valence-electron chi connectivity index (χ2n) is 19.0. The summed E-state index contributed by atoms with van der Waals surface area (Å²) in [7, 11) is -4.19. The molecule has 1 saturated heterocycles. The molecule has 6 rings (SSSR count). The van der Waals surface area contributed by atoms with Gasteiger partial charge in [-0.1, -0.05) is 65.8 Å². The highest BCUT2D eigenvalue weighted by atomic mass is 32.2. The molecule has 1 fully saturated rings. The Morgan fingerprint density at radius 1 is 0.833 bits per heavy atom. The Morgan fingerprint density at radius 3 is 2.07 bits per heavy atom. The van der Waals surface area contributed by atoms with Crippen LogP contribution in [0.5, 0.6) is 5.75 Å². The normalized spacial score (nSPS) is 15.1. The highest BCUT2D eigenvalue weighted by Gasteiger charge is 2.42. The van der Waals surface area contributed by atoms with Gasteiger partial charge in [0.05, 0.1) is 35.3 Å². The minimum atomic E-state index is -4.19. The summed E-state index contributed by atoms with van der Waals surface area (Å²) in [6.07, 6.45) is 0.170. The first-order valence-electron chi connectivity index (χ1n) is 22.6. The number of hydrogen-bond acceptors (Lipinski definition) is 16. The molecule has 0 saturated carbocycles. The lowest BCUT2D eigenvalue weighted by Crippen LogP contribution is -2.62. The molecule has 0 radical (unpaired) electrons. The minimum Gasteiger partial charge on any atom is -0.483 e. The number of amides is 3. The number of β-lactam (4-membered cyclic amide) rings is 1. The minimum absolute atomic E-state index is 0.000237. The Morgan fingerprint density at radius 2 is 1.46 bits per heavy atom. The van der Waals surface area contributed by atoms with Crippen LogP contribution in [0.3, 0.4) is 0 Å². The highest BCUT2D eigenvalue weighted by molar-refractivity contribution is 7.89. The molecule has 3 amide bonds. The van der Waals surface area contributed by atoms with Crippen LogP contribution < -0.4 is 35.7 Å². The third kappa shape index (κ3) is 15.3. The van der Waals surface area contributed by atoms with Gasteiger partial charge in [-0.05, 0) is 90.8 Å². The Kier molecular flexibility index (Phi) is 17.0. The molecular formula is C50H57N7O13S2. The molecule has 2 aromatic heterocycles. The van der Waals surface area contributed by atoms with Crippen molar-refractivity contribution in [2.75, 3.05) is 11.9 Å². The molecule has 5 aromatic rings. The number of ether oxygens (including phenoxy) is 3. The van der Waals surface area contributed by atoms with Crippen LogP contribution in [-0.4, -0.2) is 82.9 Å². The van der Waals surface area contributed by atoms with E-state index in [0.29, 0.717) is 0 Å². The number of sulfonamides is 1. The van der Waals surface area contributed by atoms with E-state index in [1.54, 1.807) is 41.5 Å². The maximum Gasteiger partial charge on any atom is 0.413 e. The predicted molar refractivity (Wildman–Crippen MR) is 266 cm³/mol. The van der Waals surface area contributed by atoms with Crippen molar-refractivity contribution in [2.45, 2.75) is 109 Å². The Bertz CT molecular complexity index is 2960. The number of nitrogens with one attached hydrogen (secondary N) is 4. The molecule has 382 valence electrons. The third-order valence-corrected chi connectivity index (χ3v) is 12.5. The van der Waals surface area contributed by atoms with Crippen molar-refractivity contribution >= 4 is 61.9 Å². The molecule has 0 unspecified atom stereocenters. The van der Waals surface area contributed by atoms with Crippen LogP contribution in [-0.2, 0) is 58.5 Å². The number of carbonyl (C=O) groups is 5. The molecule has 2 atom stereocenters. The molecule has 1 aliphatic rings. The maximum atomic E-state index is 13.9. The lowest BCUT2D eigenvalue weighted by Gasteiger charge is -2.36. The summed E-state index contributed by atoms with van der Waals surface area (Å²) < 4.78 is 47.3. The van der Waals surface area contributed by atoms with Gasteiger partial charge in [-0.2, -0.15) is 4.73 Å². The van der Waals surface area contributed by atoms with Crippen molar-refractivity contribution in [3.8, 4) is 5.75 Å². The van der Waals surface area contributed by atoms with Crippen LogP contribution in [0.15, 0.2) is 117 Å². The monoisotopic (exact) mass is 1030 g/mol. The fraction of sp³-hybridized carbons (Fsp3) is 0.360. The molecule has 72 heavy (non-hydrogen) atoms. The van der Waals surface area contributed by atoms with Crippen LogP contribution in [0.1, 0.15) is 94.7 Å². The lowest BCUT2D eigenvalue weighted by atomic mass is 9.84. The van der Waals surface area contributed by atoms with Crippen molar-refractivity contribution in [1.29, 1.82) is 0 Å². The lowest BCUT2D eigenvalue weighted by molar-refractivity contribution is -0.179. The van der Waals surface area contributed by atoms with Crippen molar-refractivity contribution in [3.05, 3.63) is 141 Å². The van der Waals surface area contributed by atoms with Gasteiger partial charge in [-0.25, -0.2) is 27.7 Å². The molecule has 0 bridgehead atoms. The molecule has 22 heteroatoms. The number of nitrogens with zero attached hydrogens (tertiary/aromatic N) is 3. The predicted octanol–water partition coefficient (Wildman–Crippen LogP) is 5.68. The van der Waals surface area contributed by atoms with Gasteiger partial charge >= 0.3 is 12.1 Å². The van der Waals surface area contributed by atoms with Crippen LogP contribution in [0, 0.1) is 5.92 Å². The van der Waals surface area contributed by atoms with Gasteiger partial charge in [0.2, 0.25) is 27.0 Å². The van der Waals surface area contributed by atoms with Gasteiger partial charge in [0.25, 0.3) is 5.91 Å². The average molecular weight is 1030 g/mol. The molecular weight excluding hydrogens is 971 g/mol. The Labute approximate surface area is 420 Å². The van der Waals surface area contributed by atoms with Gasteiger partial charge in [0.1, 0.15) is 30.1 Å². The van der Waals surface area contributed by atoms with Gasteiger partial charge < -0.3 is 34.5 Å². The second-order valence-corrected chi connectivity index (χ2v) is 21.6.